The van der Waals surface area contributed by atoms with Gasteiger partial charge >= 0.3 is 6.03 Å². The molecule has 3 heterocycles. The summed E-state index contributed by atoms with van der Waals surface area (Å²) >= 11 is 0. The lowest BCUT2D eigenvalue weighted by atomic mass is 10.0. The zero-order chi connectivity index (χ0) is 22.5. The maximum absolute atomic E-state index is 12.7. The van der Waals surface area contributed by atoms with Crippen molar-refractivity contribution in [2.75, 3.05) is 51.6 Å². The SMILES string of the molecule is CN1CCC(N2CCN(C(=O)Nc3cc(Oc4ccc([N+](=O)[O-])cc4)ccn3)CC2)CC1. The van der Waals surface area contributed by atoms with Gasteiger partial charge in [-0.05, 0) is 51.2 Å². The van der Waals surface area contributed by atoms with Gasteiger partial charge in [0.25, 0.3) is 5.69 Å². The average molecular weight is 441 g/mol. The lowest BCUT2D eigenvalue weighted by Crippen LogP contribution is -2.54. The van der Waals surface area contributed by atoms with Gasteiger partial charge in [-0.3, -0.25) is 20.3 Å². The van der Waals surface area contributed by atoms with Gasteiger partial charge in [0.15, 0.2) is 0 Å². The van der Waals surface area contributed by atoms with E-state index in [1.165, 1.54) is 37.1 Å². The van der Waals surface area contributed by atoms with Crippen molar-refractivity contribution in [3.8, 4) is 11.5 Å². The number of anilines is 1. The zero-order valence-electron chi connectivity index (χ0n) is 18.1. The van der Waals surface area contributed by atoms with Crippen LogP contribution in [0.5, 0.6) is 11.5 Å². The Morgan fingerprint density at radius 1 is 1.06 bits per heavy atom. The second kappa shape index (κ2) is 9.92. The molecule has 0 bridgehead atoms. The number of benzene rings is 1. The van der Waals surface area contributed by atoms with Crippen LogP contribution in [-0.4, -0.2) is 83.0 Å². The van der Waals surface area contributed by atoms with Gasteiger partial charge in [-0.2, -0.15) is 0 Å². The number of carbonyl (C=O) groups excluding carboxylic acids is 1. The number of hydrogen-bond acceptors (Lipinski definition) is 7. The summed E-state index contributed by atoms with van der Waals surface area (Å²) in [6, 6.07) is 9.56. The predicted molar refractivity (Wildman–Crippen MR) is 120 cm³/mol. The van der Waals surface area contributed by atoms with Gasteiger partial charge in [0.1, 0.15) is 17.3 Å². The molecule has 10 nitrogen and oxygen atoms in total. The van der Waals surface area contributed by atoms with E-state index in [9.17, 15) is 14.9 Å². The topological polar surface area (TPSA) is 104 Å². The van der Waals surface area contributed by atoms with Gasteiger partial charge in [-0.1, -0.05) is 0 Å². The number of hydrogen-bond donors (Lipinski definition) is 1. The highest BCUT2D eigenvalue weighted by molar-refractivity contribution is 5.88. The van der Waals surface area contributed by atoms with Crippen molar-refractivity contribution in [3.05, 3.63) is 52.7 Å². The number of urea groups is 1. The van der Waals surface area contributed by atoms with Crippen molar-refractivity contribution in [1.82, 2.24) is 19.7 Å². The minimum atomic E-state index is -0.461. The number of ether oxygens (including phenoxy) is 1. The first kappa shape index (κ1) is 22.0. The Kier molecular flexibility index (Phi) is 6.81. The maximum Gasteiger partial charge on any atom is 0.323 e. The molecule has 2 saturated heterocycles. The molecular weight excluding hydrogens is 412 g/mol. The molecular formula is C22H28N6O4. The van der Waals surface area contributed by atoms with E-state index >= 15 is 0 Å². The normalized spacial score (nSPS) is 18.3. The van der Waals surface area contributed by atoms with E-state index in [0.717, 1.165) is 26.2 Å². The van der Waals surface area contributed by atoms with E-state index in [1.54, 1.807) is 18.3 Å². The Morgan fingerprint density at radius 3 is 2.41 bits per heavy atom. The first-order valence-electron chi connectivity index (χ1n) is 10.8. The number of amides is 2. The van der Waals surface area contributed by atoms with Gasteiger partial charge < -0.3 is 14.5 Å². The monoisotopic (exact) mass is 440 g/mol. The number of nitrogens with zero attached hydrogens (tertiary/aromatic N) is 5. The summed E-state index contributed by atoms with van der Waals surface area (Å²) in [5.74, 6) is 1.34. The number of rotatable bonds is 5. The lowest BCUT2D eigenvalue weighted by Gasteiger charge is -2.42. The molecule has 1 aromatic heterocycles. The number of pyridine rings is 1. The van der Waals surface area contributed by atoms with Crippen LogP contribution in [0, 0.1) is 10.1 Å². The Bertz CT molecular complexity index is 938. The largest absolute Gasteiger partial charge is 0.457 e. The van der Waals surface area contributed by atoms with Gasteiger partial charge in [0.2, 0.25) is 0 Å². The third kappa shape index (κ3) is 5.51. The Hall–Kier alpha value is -3.24. The van der Waals surface area contributed by atoms with Gasteiger partial charge in [-0.15, -0.1) is 0 Å². The van der Waals surface area contributed by atoms with E-state index in [4.69, 9.17) is 4.74 Å². The van der Waals surface area contributed by atoms with Crippen LogP contribution in [0.3, 0.4) is 0 Å². The molecule has 0 radical (unpaired) electrons. The van der Waals surface area contributed by atoms with Crippen molar-refractivity contribution < 1.29 is 14.5 Å². The van der Waals surface area contributed by atoms with Crippen LogP contribution in [0.2, 0.25) is 0 Å². The molecule has 10 heteroatoms. The smallest absolute Gasteiger partial charge is 0.323 e. The zero-order valence-corrected chi connectivity index (χ0v) is 18.1. The Labute approximate surface area is 186 Å². The number of nitro groups is 1. The predicted octanol–water partition coefficient (Wildman–Crippen LogP) is 3.03. The first-order chi connectivity index (χ1) is 15.5. The minimum Gasteiger partial charge on any atom is -0.457 e. The number of piperazine rings is 1. The summed E-state index contributed by atoms with van der Waals surface area (Å²) in [6.07, 6.45) is 3.93. The molecule has 0 saturated carbocycles. The number of piperidine rings is 1. The van der Waals surface area contributed by atoms with E-state index in [-0.39, 0.29) is 11.7 Å². The van der Waals surface area contributed by atoms with Gasteiger partial charge in [0.05, 0.1) is 4.92 Å². The maximum atomic E-state index is 12.7. The molecule has 2 aromatic rings. The number of nitro benzene ring substituents is 1. The van der Waals surface area contributed by atoms with E-state index < -0.39 is 4.92 Å². The average Bonchev–Trinajstić information content (AvgIpc) is 2.80. The van der Waals surface area contributed by atoms with Crippen molar-refractivity contribution in [2.45, 2.75) is 18.9 Å². The van der Waals surface area contributed by atoms with E-state index in [0.29, 0.717) is 36.4 Å². The third-order valence-corrected chi connectivity index (χ3v) is 6.06. The quantitative estimate of drug-likeness (QED) is 0.563. The minimum absolute atomic E-state index is 0.00375. The van der Waals surface area contributed by atoms with E-state index in [1.807, 2.05) is 4.90 Å². The molecule has 2 aliphatic rings. The summed E-state index contributed by atoms with van der Waals surface area (Å²) in [6.45, 7) is 5.43. The molecule has 0 aliphatic carbocycles. The summed E-state index contributed by atoms with van der Waals surface area (Å²) in [4.78, 5) is 33.9. The second-order valence-electron chi connectivity index (χ2n) is 8.22. The number of likely N-dealkylation sites (tertiary alicyclic amines) is 1. The molecule has 1 N–H and O–H groups in total. The highest BCUT2D eigenvalue weighted by atomic mass is 16.6. The highest BCUT2D eigenvalue weighted by Gasteiger charge is 2.28. The van der Waals surface area contributed by atoms with Gasteiger partial charge in [-0.25, -0.2) is 9.78 Å². The molecule has 1 aromatic carbocycles. The van der Waals surface area contributed by atoms with E-state index in [2.05, 4.69) is 27.1 Å². The number of non-ortho nitro benzene ring substituents is 1. The van der Waals surface area contributed by atoms with Gasteiger partial charge in [0, 0.05) is 56.6 Å². The fourth-order valence-corrected chi connectivity index (χ4v) is 4.15. The van der Waals surface area contributed by atoms with Crippen LogP contribution in [0.25, 0.3) is 0 Å². The first-order valence-corrected chi connectivity index (χ1v) is 10.8. The van der Waals surface area contributed by atoms with Crippen LogP contribution >= 0.6 is 0 Å². The molecule has 0 unspecified atom stereocenters. The summed E-state index contributed by atoms with van der Waals surface area (Å²) < 4.78 is 5.73. The van der Waals surface area contributed by atoms with Crippen LogP contribution in [0.15, 0.2) is 42.6 Å². The van der Waals surface area contributed by atoms with Crippen LogP contribution < -0.4 is 10.1 Å². The van der Waals surface area contributed by atoms with Crippen molar-refractivity contribution >= 4 is 17.5 Å². The lowest BCUT2D eigenvalue weighted by molar-refractivity contribution is -0.384. The molecule has 0 atom stereocenters. The molecule has 4 rings (SSSR count). The Balaban J connectivity index is 1.29. The van der Waals surface area contributed by atoms with Crippen molar-refractivity contribution in [3.63, 3.8) is 0 Å². The number of aromatic nitrogens is 1. The Morgan fingerprint density at radius 2 is 1.75 bits per heavy atom. The standard InChI is InChI=1S/C22H28N6O4/c1-25-10-7-17(8-11-25)26-12-14-27(15-13-26)22(29)24-21-16-20(6-9-23-21)32-19-4-2-18(3-5-19)28(30)31/h2-6,9,16-17H,7-8,10-15H2,1H3,(H,23,24,29). The molecule has 2 amide bonds. The highest BCUT2D eigenvalue weighted by Crippen LogP contribution is 2.25. The van der Waals surface area contributed by atoms with Crippen LogP contribution in [0.1, 0.15) is 12.8 Å². The van der Waals surface area contributed by atoms with Crippen molar-refractivity contribution in [1.29, 1.82) is 0 Å². The second-order valence-corrected chi connectivity index (χ2v) is 8.22. The summed E-state index contributed by atoms with van der Waals surface area (Å²) in [7, 11) is 2.17. The summed E-state index contributed by atoms with van der Waals surface area (Å²) in [5.41, 5.74) is -0.00375. The molecule has 32 heavy (non-hydrogen) atoms. The molecule has 2 aliphatic heterocycles. The molecule has 170 valence electrons. The fourth-order valence-electron chi connectivity index (χ4n) is 4.15. The molecule has 2 fully saturated rings. The third-order valence-electron chi connectivity index (χ3n) is 6.06. The summed E-state index contributed by atoms with van der Waals surface area (Å²) in [5, 5.41) is 13.6. The van der Waals surface area contributed by atoms with Crippen LogP contribution in [0.4, 0.5) is 16.3 Å². The van der Waals surface area contributed by atoms with Crippen LogP contribution in [-0.2, 0) is 0 Å². The fraction of sp³-hybridized carbons (Fsp3) is 0.455. The number of nitrogens with one attached hydrogen (secondary N) is 1. The molecule has 0 spiro atoms. The van der Waals surface area contributed by atoms with Crippen molar-refractivity contribution in [2.24, 2.45) is 0 Å². The number of carbonyl (C=O) groups is 1.